The second-order valence-electron chi connectivity index (χ2n) is 5.17. The molecule has 128 valence electrons. The molecule has 3 aromatic rings. The summed E-state index contributed by atoms with van der Waals surface area (Å²) in [6.45, 7) is 0.0830. The Morgan fingerprint density at radius 1 is 1.00 bits per heavy atom. The Hall–Kier alpha value is -1.99. The number of pyridine rings is 2. The Kier molecular flexibility index (Phi) is 5.34. The van der Waals surface area contributed by atoms with E-state index in [0.29, 0.717) is 5.69 Å². The van der Waals surface area contributed by atoms with Crippen LogP contribution in [0.15, 0.2) is 66.0 Å². The van der Waals surface area contributed by atoms with Crippen molar-refractivity contribution in [3.63, 3.8) is 0 Å². The number of hydrogen-bond donors (Lipinski definition) is 1. The smallest absolute Gasteiger partial charge is 0.243 e. The molecule has 0 atom stereocenters. The number of aromatic nitrogens is 2. The maximum absolute atomic E-state index is 12.5. The van der Waals surface area contributed by atoms with Crippen molar-refractivity contribution in [2.45, 2.75) is 11.4 Å². The molecule has 0 saturated carbocycles. The highest BCUT2D eigenvalue weighted by Gasteiger charge is 2.21. The second kappa shape index (κ2) is 7.49. The summed E-state index contributed by atoms with van der Waals surface area (Å²) in [7, 11) is -3.84. The lowest BCUT2D eigenvalue weighted by molar-refractivity contribution is 0.581. The third kappa shape index (κ3) is 4.16. The van der Waals surface area contributed by atoms with Gasteiger partial charge in [0.2, 0.25) is 10.0 Å². The van der Waals surface area contributed by atoms with Crippen LogP contribution in [0.3, 0.4) is 0 Å². The molecule has 0 amide bonds. The van der Waals surface area contributed by atoms with Crippen LogP contribution in [-0.4, -0.2) is 18.4 Å². The number of hydrogen-bond acceptors (Lipinski definition) is 4. The number of halogens is 2. The Balaban J connectivity index is 1.82. The molecule has 0 fully saturated rings. The number of sulfonamides is 1. The Labute approximate surface area is 155 Å². The highest BCUT2D eigenvalue weighted by atomic mass is 35.5. The predicted octanol–water partition coefficient (Wildman–Crippen LogP) is 3.93. The monoisotopic (exact) mass is 393 g/mol. The summed E-state index contributed by atoms with van der Waals surface area (Å²) in [4.78, 5) is 8.21. The summed E-state index contributed by atoms with van der Waals surface area (Å²) in [6.07, 6.45) is 4.99. The maximum atomic E-state index is 12.5. The molecule has 0 unspecified atom stereocenters. The molecule has 2 heterocycles. The molecule has 0 spiro atoms. The van der Waals surface area contributed by atoms with Crippen molar-refractivity contribution in [1.82, 2.24) is 14.7 Å². The largest absolute Gasteiger partial charge is 0.264 e. The van der Waals surface area contributed by atoms with Gasteiger partial charge >= 0.3 is 0 Å². The summed E-state index contributed by atoms with van der Waals surface area (Å²) < 4.78 is 27.5. The minimum atomic E-state index is -3.84. The summed E-state index contributed by atoms with van der Waals surface area (Å²) in [5, 5.41) is 0.150. The van der Waals surface area contributed by atoms with Gasteiger partial charge in [-0.05, 0) is 42.0 Å². The highest BCUT2D eigenvalue weighted by Crippen LogP contribution is 2.29. The van der Waals surface area contributed by atoms with Crippen LogP contribution in [0, 0.1) is 0 Å². The van der Waals surface area contributed by atoms with Crippen LogP contribution < -0.4 is 4.72 Å². The van der Waals surface area contributed by atoms with Crippen molar-refractivity contribution in [1.29, 1.82) is 0 Å². The molecule has 1 N–H and O–H groups in total. The lowest BCUT2D eigenvalue weighted by Crippen LogP contribution is -2.24. The average Bonchev–Trinajstić information content (AvgIpc) is 2.61. The highest BCUT2D eigenvalue weighted by molar-refractivity contribution is 7.89. The van der Waals surface area contributed by atoms with Crippen LogP contribution in [0.4, 0.5) is 0 Å². The summed E-state index contributed by atoms with van der Waals surface area (Å²) in [5.41, 5.74) is 2.31. The minimum absolute atomic E-state index is 0.0748. The van der Waals surface area contributed by atoms with E-state index in [4.69, 9.17) is 23.2 Å². The number of rotatable bonds is 5. The molecule has 2 aromatic heterocycles. The normalized spacial score (nSPS) is 11.4. The lowest BCUT2D eigenvalue weighted by atomic mass is 10.1. The van der Waals surface area contributed by atoms with Gasteiger partial charge in [-0.15, -0.1) is 0 Å². The average molecular weight is 394 g/mol. The van der Waals surface area contributed by atoms with Gasteiger partial charge in [-0.25, -0.2) is 13.1 Å². The van der Waals surface area contributed by atoms with E-state index >= 15 is 0 Å². The third-order valence-electron chi connectivity index (χ3n) is 3.44. The van der Waals surface area contributed by atoms with Crippen LogP contribution in [0.25, 0.3) is 11.3 Å². The molecular formula is C17H13Cl2N3O2S. The van der Waals surface area contributed by atoms with Gasteiger partial charge in [-0.3, -0.25) is 9.97 Å². The van der Waals surface area contributed by atoms with E-state index in [1.54, 1.807) is 36.8 Å². The lowest BCUT2D eigenvalue weighted by Gasteiger charge is -2.10. The van der Waals surface area contributed by atoms with E-state index in [1.807, 2.05) is 12.1 Å². The van der Waals surface area contributed by atoms with Crippen LogP contribution in [0.5, 0.6) is 0 Å². The van der Waals surface area contributed by atoms with Crippen molar-refractivity contribution in [2.24, 2.45) is 0 Å². The molecule has 3 rings (SSSR count). The molecule has 5 nitrogen and oxygen atoms in total. The minimum Gasteiger partial charge on any atom is -0.264 e. The summed E-state index contributed by atoms with van der Waals surface area (Å²) in [6, 6.07) is 11.8. The first-order valence-corrected chi connectivity index (χ1v) is 9.50. The number of benzene rings is 1. The molecule has 0 radical (unpaired) electrons. The van der Waals surface area contributed by atoms with Crippen molar-refractivity contribution in [3.8, 4) is 11.3 Å². The third-order valence-corrected chi connectivity index (χ3v) is 5.79. The first kappa shape index (κ1) is 17.8. The summed E-state index contributed by atoms with van der Waals surface area (Å²) >= 11 is 12.0. The SMILES string of the molecule is O=S(=O)(NCc1ccnc(-c2cccnc2)c1)c1c(Cl)cccc1Cl. The molecule has 0 aliphatic rings. The Morgan fingerprint density at radius 2 is 1.76 bits per heavy atom. The van der Waals surface area contributed by atoms with Gasteiger partial charge < -0.3 is 0 Å². The van der Waals surface area contributed by atoms with Gasteiger partial charge in [0, 0.05) is 30.7 Å². The zero-order chi connectivity index (χ0) is 17.9. The van der Waals surface area contributed by atoms with Crippen molar-refractivity contribution < 1.29 is 8.42 Å². The Morgan fingerprint density at radius 3 is 2.44 bits per heavy atom. The molecule has 0 aliphatic carbocycles. The number of nitrogens with one attached hydrogen (secondary N) is 1. The van der Waals surface area contributed by atoms with Crippen LogP contribution in [-0.2, 0) is 16.6 Å². The van der Waals surface area contributed by atoms with E-state index in [9.17, 15) is 8.42 Å². The molecule has 0 saturated heterocycles. The van der Waals surface area contributed by atoms with E-state index in [1.165, 1.54) is 12.1 Å². The topological polar surface area (TPSA) is 72.0 Å². The first-order valence-electron chi connectivity index (χ1n) is 7.26. The van der Waals surface area contributed by atoms with Gasteiger partial charge in [0.15, 0.2) is 0 Å². The second-order valence-corrected chi connectivity index (χ2v) is 7.68. The molecule has 1 aromatic carbocycles. The van der Waals surface area contributed by atoms with Crippen molar-refractivity contribution in [3.05, 3.63) is 76.7 Å². The van der Waals surface area contributed by atoms with Gasteiger partial charge in [0.1, 0.15) is 4.90 Å². The van der Waals surface area contributed by atoms with Gasteiger partial charge in [0.05, 0.1) is 15.7 Å². The quantitative estimate of drug-likeness (QED) is 0.712. The molecule has 0 bridgehead atoms. The van der Waals surface area contributed by atoms with E-state index in [0.717, 1.165) is 11.1 Å². The van der Waals surface area contributed by atoms with E-state index < -0.39 is 10.0 Å². The first-order chi connectivity index (χ1) is 12.0. The van der Waals surface area contributed by atoms with Crippen LogP contribution in [0.2, 0.25) is 10.0 Å². The molecule has 25 heavy (non-hydrogen) atoms. The van der Waals surface area contributed by atoms with Gasteiger partial charge in [-0.1, -0.05) is 29.3 Å². The Bertz CT molecular complexity index is 976. The molecule has 0 aliphatic heterocycles. The van der Waals surface area contributed by atoms with Crippen LogP contribution >= 0.6 is 23.2 Å². The molecule has 8 heteroatoms. The summed E-state index contributed by atoms with van der Waals surface area (Å²) in [5.74, 6) is 0. The molecular weight excluding hydrogens is 381 g/mol. The van der Waals surface area contributed by atoms with Crippen LogP contribution in [0.1, 0.15) is 5.56 Å². The van der Waals surface area contributed by atoms with E-state index in [-0.39, 0.29) is 21.5 Å². The van der Waals surface area contributed by atoms with Crippen molar-refractivity contribution >= 4 is 33.2 Å². The van der Waals surface area contributed by atoms with Gasteiger partial charge in [0.25, 0.3) is 0 Å². The standard InChI is InChI=1S/C17H13Cl2N3O2S/c18-14-4-1-5-15(19)17(14)25(23,24)22-10-12-6-8-21-16(9-12)13-3-2-7-20-11-13/h1-9,11,22H,10H2. The van der Waals surface area contributed by atoms with Crippen molar-refractivity contribution in [2.75, 3.05) is 0 Å². The fourth-order valence-electron chi connectivity index (χ4n) is 2.25. The number of nitrogens with zero attached hydrogens (tertiary/aromatic N) is 2. The van der Waals surface area contributed by atoms with Gasteiger partial charge in [-0.2, -0.15) is 0 Å². The zero-order valence-corrected chi connectivity index (χ0v) is 15.2. The zero-order valence-electron chi connectivity index (χ0n) is 12.9. The fourth-order valence-corrected chi connectivity index (χ4v) is 4.40. The van der Waals surface area contributed by atoms with E-state index in [2.05, 4.69) is 14.7 Å². The predicted molar refractivity (Wildman–Crippen MR) is 98.0 cm³/mol. The fraction of sp³-hybridized carbons (Fsp3) is 0.0588. The maximum Gasteiger partial charge on any atom is 0.243 e.